The molecule has 1 heterocycles. The third kappa shape index (κ3) is 3.54. The topological polar surface area (TPSA) is 19.0 Å². The first kappa shape index (κ1) is 16.8. The summed E-state index contributed by atoms with van der Waals surface area (Å²) in [7, 11) is 2.19. The second-order valence-electron chi connectivity index (χ2n) is 7.99. The average Bonchev–Trinajstić information content (AvgIpc) is 2.84. The number of fused-ring (bicyclic) bond motifs is 1. The van der Waals surface area contributed by atoms with Gasteiger partial charge >= 0.3 is 0 Å². The molecule has 0 saturated heterocycles. The van der Waals surface area contributed by atoms with Crippen molar-refractivity contribution >= 4 is 10.9 Å². The first-order valence-electron chi connectivity index (χ1n) is 8.64. The third-order valence-electron chi connectivity index (χ3n) is 4.79. The number of aromatic nitrogens is 1. The normalized spacial score (nSPS) is 12.3. The number of rotatable bonds is 3. The van der Waals surface area contributed by atoms with E-state index in [-0.39, 0.29) is 5.54 Å². The molecule has 2 nitrogen and oxygen atoms in total. The number of aryl methyl sites for hydroxylation is 2. The Labute approximate surface area is 145 Å². The van der Waals surface area contributed by atoms with Crippen molar-refractivity contribution in [2.75, 3.05) is 7.05 Å². The van der Waals surface area contributed by atoms with Crippen LogP contribution in [0.5, 0.6) is 0 Å². The largest absolute Gasteiger partial charge is 0.359 e. The lowest BCUT2D eigenvalue weighted by molar-refractivity contribution is 0.167. The van der Waals surface area contributed by atoms with E-state index < -0.39 is 0 Å². The molecular weight excluding hydrogens is 292 g/mol. The maximum atomic E-state index is 3.40. The predicted molar refractivity (Wildman–Crippen MR) is 104 cm³/mol. The second-order valence-corrected chi connectivity index (χ2v) is 7.99. The highest BCUT2D eigenvalue weighted by Crippen LogP contribution is 2.27. The van der Waals surface area contributed by atoms with Gasteiger partial charge in [0.05, 0.1) is 0 Å². The monoisotopic (exact) mass is 320 g/mol. The molecule has 1 aromatic heterocycles. The van der Waals surface area contributed by atoms with E-state index in [4.69, 9.17) is 0 Å². The van der Waals surface area contributed by atoms with Crippen molar-refractivity contribution in [3.05, 3.63) is 59.3 Å². The van der Waals surface area contributed by atoms with Crippen LogP contribution in [-0.2, 0) is 6.54 Å². The minimum atomic E-state index is 0.172. The molecule has 2 heteroatoms. The lowest BCUT2D eigenvalue weighted by Crippen LogP contribution is -2.37. The Balaban J connectivity index is 1.97. The van der Waals surface area contributed by atoms with Gasteiger partial charge in [0.15, 0.2) is 0 Å². The third-order valence-corrected chi connectivity index (χ3v) is 4.79. The van der Waals surface area contributed by atoms with E-state index in [1.807, 2.05) is 0 Å². The van der Waals surface area contributed by atoms with Crippen molar-refractivity contribution in [2.45, 2.75) is 46.7 Å². The minimum absolute atomic E-state index is 0.172. The van der Waals surface area contributed by atoms with Crippen LogP contribution in [0.1, 0.15) is 37.6 Å². The van der Waals surface area contributed by atoms with Gasteiger partial charge in [0.2, 0.25) is 0 Å². The summed E-state index contributed by atoms with van der Waals surface area (Å²) in [6.45, 7) is 12.0. The van der Waals surface area contributed by atoms with Crippen LogP contribution in [0.3, 0.4) is 0 Å². The van der Waals surface area contributed by atoms with Gasteiger partial charge in [-0.25, -0.2) is 0 Å². The zero-order chi connectivity index (χ0) is 17.5. The van der Waals surface area contributed by atoms with Crippen LogP contribution < -0.4 is 0 Å². The maximum Gasteiger partial charge on any atom is 0.0456 e. The molecule has 0 aliphatic rings. The van der Waals surface area contributed by atoms with Crippen molar-refractivity contribution in [3.8, 4) is 11.1 Å². The molecule has 0 amide bonds. The summed E-state index contributed by atoms with van der Waals surface area (Å²) >= 11 is 0. The molecule has 0 atom stereocenters. The molecule has 0 fully saturated rings. The van der Waals surface area contributed by atoms with Gasteiger partial charge in [-0.05, 0) is 82.6 Å². The van der Waals surface area contributed by atoms with Crippen molar-refractivity contribution < 1.29 is 0 Å². The lowest BCUT2D eigenvalue weighted by atomic mass is 9.98. The summed E-state index contributed by atoms with van der Waals surface area (Å²) in [4.78, 5) is 5.79. The summed E-state index contributed by atoms with van der Waals surface area (Å²) in [5, 5.41) is 1.28. The molecule has 0 bridgehead atoms. The van der Waals surface area contributed by atoms with Crippen molar-refractivity contribution in [3.63, 3.8) is 0 Å². The number of H-pyrrole nitrogens is 1. The van der Waals surface area contributed by atoms with Gasteiger partial charge in [-0.2, -0.15) is 0 Å². The molecule has 3 aromatic rings. The average molecular weight is 320 g/mol. The molecular formula is C22H28N2. The van der Waals surface area contributed by atoms with Gasteiger partial charge < -0.3 is 4.98 Å². The number of hydrogen-bond donors (Lipinski definition) is 1. The quantitative estimate of drug-likeness (QED) is 0.657. The second kappa shape index (κ2) is 6.10. The Hall–Kier alpha value is -2.06. The number of aromatic amines is 1. The van der Waals surface area contributed by atoms with Crippen LogP contribution in [0.25, 0.3) is 22.0 Å². The van der Waals surface area contributed by atoms with Crippen molar-refractivity contribution in [2.24, 2.45) is 0 Å². The smallest absolute Gasteiger partial charge is 0.0456 e. The van der Waals surface area contributed by atoms with Crippen LogP contribution >= 0.6 is 0 Å². The molecule has 2 aromatic carbocycles. The van der Waals surface area contributed by atoms with E-state index >= 15 is 0 Å². The molecule has 0 saturated carbocycles. The SMILES string of the molecule is Cc1cc(CN(C)C(C)(C)C)cc(-c2ccc3[nH]c(C)cc3c2)c1. The molecule has 0 aliphatic heterocycles. The molecule has 3 rings (SSSR count). The Bertz CT molecular complexity index is 865. The van der Waals surface area contributed by atoms with Gasteiger partial charge in [0, 0.05) is 28.7 Å². The van der Waals surface area contributed by atoms with Gasteiger partial charge in [-0.1, -0.05) is 23.8 Å². The number of nitrogens with one attached hydrogen (secondary N) is 1. The zero-order valence-electron chi connectivity index (χ0n) is 15.7. The fourth-order valence-electron chi connectivity index (χ4n) is 3.09. The van der Waals surface area contributed by atoms with Crippen LogP contribution in [0.15, 0.2) is 42.5 Å². The van der Waals surface area contributed by atoms with Crippen LogP contribution in [-0.4, -0.2) is 22.5 Å². The summed E-state index contributed by atoms with van der Waals surface area (Å²) < 4.78 is 0. The van der Waals surface area contributed by atoms with E-state index in [1.54, 1.807) is 0 Å². The highest BCUT2D eigenvalue weighted by atomic mass is 15.1. The molecule has 0 spiro atoms. The van der Waals surface area contributed by atoms with Crippen LogP contribution in [0.2, 0.25) is 0 Å². The van der Waals surface area contributed by atoms with Gasteiger partial charge in [0.1, 0.15) is 0 Å². The van der Waals surface area contributed by atoms with Crippen molar-refractivity contribution in [1.29, 1.82) is 0 Å². The van der Waals surface area contributed by atoms with Gasteiger partial charge in [-0.15, -0.1) is 0 Å². The molecule has 1 N–H and O–H groups in total. The Morgan fingerprint density at radius 3 is 2.38 bits per heavy atom. The van der Waals surface area contributed by atoms with Crippen LogP contribution in [0, 0.1) is 13.8 Å². The number of nitrogens with zero attached hydrogens (tertiary/aromatic N) is 1. The van der Waals surface area contributed by atoms with Crippen molar-refractivity contribution in [1.82, 2.24) is 9.88 Å². The minimum Gasteiger partial charge on any atom is -0.359 e. The zero-order valence-corrected chi connectivity index (χ0v) is 15.7. The van der Waals surface area contributed by atoms with Crippen LogP contribution in [0.4, 0.5) is 0 Å². The first-order chi connectivity index (χ1) is 11.2. The highest BCUT2D eigenvalue weighted by Gasteiger charge is 2.17. The predicted octanol–water partition coefficient (Wildman–Crippen LogP) is 5.68. The lowest BCUT2D eigenvalue weighted by Gasteiger charge is -2.32. The fourth-order valence-corrected chi connectivity index (χ4v) is 3.09. The van der Waals surface area contributed by atoms with Gasteiger partial charge in [-0.3, -0.25) is 4.90 Å². The molecule has 0 unspecified atom stereocenters. The standard InChI is InChI=1S/C22H28N2/c1-15-9-17(14-24(6)22(3,4)5)12-19(10-15)18-7-8-21-20(13-18)11-16(2)23-21/h7-13,23H,14H2,1-6H3. The summed E-state index contributed by atoms with van der Waals surface area (Å²) in [6, 6.07) is 15.8. The Morgan fingerprint density at radius 1 is 0.917 bits per heavy atom. The van der Waals surface area contributed by atoms with E-state index in [0.29, 0.717) is 0 Å². The van der Waals surface area contributed by atoms with Gasteiger partial charge in [0.25, 0.3) is 0 Å². The summed E-state index contributed by atoms with van der Waals surface area (Å²) in [6.07, 6.45) is 0. The number of hydrogen-bond acceptors (Lipinski definition) is 1. The number of benzene rings is 2. The molecule has 0 radical (unpaired) electrons. The fraction of sp³-hybridized carbons (Fsp3) is 0.364. The summed E-state index contributed by atoms with van der Waals surface area (Å²) in [5.74, 6) is 0. The van der Waals surface area contributed by atoms with E-state index in [0.717, 1.165) is 6.54 Å². The van der Waals surface area contributed by atoms with E-state index in [2.05, 4.69) is 94.0 Å². The highest BCUT2D eigenvalue weighted by molar-refractivity contribution is 5.86. The maximum absolute atomic E-state index is 3.40. The van der Waals surface area contributed by atoms with E-state index in [1.165, 1.54) is 38.9 Å². The molecule has 0 aliphatic carbocycles. The Kier molecular flexibility index (Phi) is 4.27. The first-order valence-corrected chi connectivity index (χ1v) is 8.64. The van der Waals surface area contributed by atoms with E-state index in [9.17, 15) is 0 Å². The molecule has 126 valence electrons. The Morgan fingerprint density at radius 2 is 1.67 bits per heavy atom. The summed E-state index contributed by atoms with van der Waals surface area (Å²) in [5.41, 5.74) is 7.85. The molecule has 24 heavy (non-hydrogen) atoms.